The summed E-state index contributed by atoms with van der Waals surface area (Å²) in [4.78, 5) is 37.2. The Balaban J connectivity index is 2.02. The largest absolute Gasteiger partial charge is 0.466 e. The van der Waals surface area contributed by atoms with Crippen molar-refractivity contribution in [1.29, 1.82) is 0 Å². The summed E-state index contributed by atoms with van der Waals surface area (Å²) in [5, 5.41) is 11.0. The van der Waals surface area contributed by atoms with Crippen LogP contribution in [0, 0.1) is 10.1 Å². The summed E-state index contributed by atoms with van der Waals surface area (Å²) in [7, 11) is 2.52. The Morgan fingerprint density at radius 3 is 2.17 bits per heavy atom. The van der Waals surface area contributed by atoms with Gasteiger partial charge < -0.3 is 19.1 Å². The van der Waals surface area contributed by atoms with Crippen LogP contribution in [0.4, 0.5) is 5.69 Å². The van der Waals surface area contributed by atoms with E-state index in [1.165, 1.54) is 38.5 Å². The fourth-order valence-corrected chi connectivity index (χ4v) is 3.56. The minimum Gasteiger partial charge on any atom is -0.466 e. The molecular weight excluding hydrogens is 380 g/mol. The Morgan fingerprint density at radius 1 is 1.14 bits per heavy atom. The highest BCUT2D eigenvalue weighted by atomic mass is 16.6. The molecule has 9 nitrogen and oxygen atoms in total. The number of ether oxygens (including phenoxy) is 3. The van der Waals surface area contributed by atoms with E-state index in [1.54, 1.807) is 17.3 Å². The molecule has 0 amide bonds. The number of rotatable bonds is 6. The van der Waals surface area contributed by atoms with E-state index >= 15 is 0 Å². The van der Waals surface area contributed by atoms with E-state index in [2.05, 4.69) is 0 Å². The molecule has 2 heterocycles. The zero-order valence-corrected chi connectivity index (χ0v) is 16.2. The first kappa shape index (κ1) is 20.5. The van der Waals surface area contributed by atoms with Gasteiger partial charge >= 0.3 is 11.9 Å². The van der Waals surface area contributed by atoms with E-state index in [1.807, 2.05) is 0 Å². The number of methoxy groups -OCH3 is 2. The van der Waals surface area contributed by atoms with E-state index in [0.29, 0.717) is 18.7 Å². The molecule has 1 unspecified atom stereocenters. The van der Waals surface area contributed by atoms with Gasteiger partial charge in [0.15, 0.2) is 0 Å². The molecular formula is C20H22N2O7. The van der Waals surface area contributed by atoms with Crippen LogP contribution < -0.4 is 0 Å². The van der Waals surface area contributed by atoms with Gasteiger partial charge in [0.2, 0.25) is 0 Å². The lowest BCUT2D eigenvalue weighted by atomic mass is 9.83. The van der Waals surface area contributed by atoms with Crippen LogP contribution in [0.2, 0.25) is 0 Å². The van der Waals surface area contributed by atoms with Gasteiger partial charge in [-0.15, -0.1) is 0 Å². The van der Waals surface area contributed by atoms with E-state index in [0.717, 1.165) is 12.8 Å². The third-order valence-electron chi connectivity index (χ3n) is 4.95. The molecule has 2 aliphatic heterocycles. The van der Waals surface area contributed by atoms with E-state index in [4.69, 9.17) is 14.2 Å². The van der Waals surface area contributed by atoms with Gasteiger partial charge in [0.05, 0.1) is 42.3 Å². The van der Waals surface area contributed by atoms with Crippen LogP contribution in [0.25, 0.3) is 0 Å². The molecule has 0 aliphatic carbocycles. The van der Waals surface area contributed by atoms with Crippen LogP contribution in [-0.2, 0) is 23.8 Å². The molecule has 3 rings (SSSR count). The molecule has 9 heteroatoms. The third kappa shape index (κ3) is 4.45. The minimum atomic E-state index is -0.767. The molecule has 154 valence electrons. The summed E-state index contributed by atoms with van der Waals surface area (Å²) in [6.07, 6.45) is 5.12. The number of carbonyl (C=O) groups is 2. The van der Waals surface area contributed by atoms with E-state index in [-0.39, 0.29) is 22.9 Å². The van der Waals surface area contributed by atoms with Crippen LogP contribution in [0.1, 0.15) is 24.3 Å². The molecule has 0 bridgehead atoms. The maximum atomic E-state index is 12.5. The molecule has 1 aromatic carbocycles. The van der Waals surface area contributed by atoms with E-state index in [9.17, 15) is 19.7 Å². The molecule has 0 spiro atoms. The molecule has 0 aromatic heterocycles. The second-order valence-corrected chi connectivity index (χ2v) is 6.77. The zero-order valence-electron chi connectivity index (χ0n) is 16.2. The minimum absolute atomic E-state index is 0.00350. The first-order chi connectivity index (χ1) is 13.9. The summed E-state index contributed by atoms with van der Waals surface area (Å²) in [6, 6.07) is 5.70. The lowest BCUT2D eigenvalue weighted by molar-refractivity contribution is -0.384. The summed E-state index contributed by atoms with van der Waals surface area (Å²) in [6.45, 7) is 1.17. The standard InChI is InChI=1S/C20H22N2O7/c1-27-19(23)16-11-21(10-15-4-3-9-29-15)12-17(20(24)28-2)18(16)13-5-7-14(8-6-13)22(25)26/h5-8,11-12,15,18H,3-4,9-10H2,1-2H3. The van der Waals surface area contributed by atoms with E-state index < -0.39 is 22.8 Å². The van der Waals surface area contributed by atoms with Gasteiger partial charge in [-0.05, 0) is 18.4 Å². The monoisotopic (exact) mass is 402 g/mol. The van der Waals surface area contributed by atoms with Crippen molar-refractivity contribution in [3.63, 3.8) is 0 Å². The summed E-state index contributed by atoms with van der Waals surface area (Å²) < 4.78 is 15.5. The molecule has 0 saturated carbocycles. The Labute approximate surface area is 167 Å². The number of benzene rings is 1. The SMILES string of the molecule is COC(=O)C1=CN(CC2CCCO2)C=C(C(=O)OC)C1c1ccc([N+](=O)[O-])cc1. The van der Waals surface area contributed by atoms with Gasteiger partial charge in [-0.2, -0.15) is 0 Å². The second-order valence-electron chi connectivity index (χ2n) is 6.77. The van der Waals surface area contributed by atoms with Gasteiger partial charge in [0, 0.05) is 37.7 Å². The molecule has 1 fully saturated rings. The zero-order chi connectivity index (χ0) is 21.0. The van der Waals surface area contributed by atoms with Crippen molar-refractivity contribution in [1.82, 2.24) is 4.90 Å². The first-order valence-corrected chi connectivity index (χ1v) is 9.16. The van der Waals surface area contributed by atoms with Crippen molar-refractivity contribution in [2.45, 2.75) is 24.9 Å². The average molecular weight is 402 g/mol. The molecule has 29 heavy (non-hydrogen) atoms. The molecule has 1 saturated heterocycles. The number of nitro groups is 1. The number of non-ortho nitro benzene ring substituents is 1. The number of nitrogens with zero attached hydrogens (tertiary/aromatic N) is 2. The molecule has 0 N–H and O–H groups in total. The van der Waals surface area contributed by atoms with Gasteiger partial charge in [-0.1, -0.05) is 12.1 Å². The van der Waals surface area contributed by atoms with Crippen LogP contribution in [0.3, 0.4) is 0 Å². The molecule has 2 aliphatic rings. The van der Waals surface area contributed by atoms with Crippen molar-refractivity contribution in [2.75, 3.05) is 27.4 Å². The maximum absolute atomic E-state index is 12.5. The lowest BCUT2D eigenvalue weighted by Crippen LogP contribution is -2.32. The Kier molecular flexibility index (Phi) is 6.28. The molecule has 0 radical (unpaired) electrons. The number of hydrogen-bond donors (Lipinski definition) is 0. The Bertz CT molecular complexity index is 820. The normalized spacial score (nSPS) is 19.4. The smallest absolute Gasteiger partial charge is 0.336 e. The maximum Gasteiger partial charge on any atom is 0.336 e. The average Bonchev–Trinajstić information content (AvgIpc) is 3.25. The summed E-state index contributed by atoms with van der Waals surface area (Å²) in [5.41, 5.74) is 0.932. The highest BCUT2D eigenvalue weighted by Gasteiger charge is 2.36. The van der Waals surface area contributed by atoms with Gasteiger partial charge in [-0.25, -0.2) is 9.59 Å². The fourth-order valence-electron chi connectivity index (χ4n) is 3.56. The summed E-state index contributed by atoms with van der Waals surface area (Å²) in [5.74, 6) is -1.96. The Morgan fingerprint density at radius 2 is 1.72 bits per heavy atom. The van der Waals surface area contributed by atoms with Crippen LogP contribution >= 0.6 is 0 Å². The fraction of sp³-hybridized carbons (Fsp3) is 0.400. The topological polar surface area (TPSA) is 108 Å². The number of hydrogen-bond acceptors (Lipinski definition) is 8. The number of nitro benzene ring substituents is 1. The van der Waals surface area contributed by atoms with Crippen molar-refractivity contribution < 1.29 is 28.7 Å². The number of carbonyl (C=O) groups excluding carboxylic acids is 2. The van der Waals surface area contributed by atoms with Gasteiger partial charge in [0.1, 0.15) is 0 Å². The van der Waals surface area contributed by atoms with Crippen LogP contribution in [-0.4, -0.2) is 55.2 Å². The highest BCUT2D eigenvalue weighted by molar-refractivity contribution is 5.98. The van der Waals surface area contributed by atoms with Crippen molar-refractivity contribution in [2.24, 2.45) is 0 Å². The molecule has 1 aromatic rings. The quantitative estimate of drug-likeness (QED) is 0.405. The third-order valence-corrected chi connectivity index (χ3v) is 4.95. The van der Waals surface area contributed by atoms with Crippen molar-refractivity contribution in [3.05, 3.63) is 63.5 Å². The van der Waals surface area contributed by atoms with Gasteiger partial charge in [0.25, 0.3) is 5.69 Å². The van der Waals surface area contributed by atoms with Crippen LogP contribution in [0.5, 0.6) is 0 Å². The van der Waals surface area contributed by atoms with Gasteiger partial charge in [-0.3, -0.25) is 10.1 Å². The highest BCUT2D eigenvalue weighted by Crippen LogP contribution is 2.37. The second kappa shape index (κ2) is 8.87. The lowest BCUT2D eigenvalue weighted by Gasteiger charge is -2.31. The molecule has 1 atom stereocenters. The van der Waals surface area contributed by atoms with Crippen molar-refractivity contribution >= 4 is 17.6 Å². The van der Waals surface area contributed by atoms with Crippen LogP contribution in [0.15, 0.2) is 47.8 Å². The predicted octanol–water partition coefficient (Wildman–Crippen LogP) is 2.29. The summed E-state index contributed by atoms with van der Waals surface area (Å²) >= 11 is 0. The van der Waals surface area contributed by atoms with Crippen molar-refractivity contribution in [3.8, 4) is 0 Å². The number of esters is 2. The Hall–Kier alpha value is -3.20. The first-order valence-electron chi connectivity index (χ1n) is 9.16. The predicted molar refractivity (Wildman–Crippen MR) is 102 cm³/mol.